The van der Waals surface area contributed by atoms with Gasteiger partial charge in [0.05, 0.1) is 13.2 Å². The lowest BCUT2D eigenvalue weighted by Crippen LogP contribution is -2.43. The predicted octanol–water partition coefficient (Wildman–Crippen LogP) is 14.9. The summed E-state index contributed by atoms with van der Waals surface area (Å²) in [5.41, 5.74) is 0. The Kier molecular flexibility index (Phi) is 47.0. The number of rotatable bonds is 50. The van der Waals surface area contributed by atoms with Crippen molar-refractivity contribution in [3.05, 3.63) is 48.6 Å². The molecule has 4 N–H and O–H groups in total. The van der Waals surface area contributed by atoms with Crippen LogP contribution >= 0.6 is 7.82 Å². The molecule has 0 heterocycles. The highest BCUT2D eigenvalue weighted by Gasteiger charge is 2.28. The van der Waals surface area contributed by atoms with Gasteiger partial charge in [-0.15, -0.1) is 0 Å². The maximum absolute atomic E-state index is 12.4. The van der Waals surface area contributed by atoms with E-state index in [9.17, 15) is 34.1 Å². The van der Waals surface area contributed by atoms with Gasteiger partial charge < -0.3 is 25.2 Å². The number of phosphoric ester groups is 1. The van der Waals surface area contributed by atoms with Crippen molar-refractivity contribution < 1.29 is 47.8 Å². The van der Waals surface area contributed by atoms with Crippen molar-refractivity contribution in [2.24, 2.45) is 0 Å². The number of hydrogen-bond acceptors (Lipinski definition) is 8. The number of esters is 1. The molecule has 0 aromatic rings. The third kappa shape index (κ3) is 47.9. The number of hydrogen-bond donors (Lipinski definition) is 4. The number of phosphoric acid groups is 1. The number of amides is 1. The highest BCUT2D eigenvalue weighted by atomic mass is 31.2. The normalized spacial score (nSPS) is 13.9. The number of carbonyl (C=O) groups excluding carboxylic acids is 2. The Bertz CT molecular complexity index is 1300. The zero-order valence-corrected chi connectivity index (χ0v) is 42.9. The van der Waals surface area contributed by atoms with Gasteiger partial charge in [-0.2, -0.15) is 0 Å². The Morgan fingerprint density at radius 2 is 0.833 bits per heavy atom. The Labute approximate surface area is 403 Å². The van der Waals surface area contributed by atoms with E-state index in [2.05, 4.69) is 67.8 Å². The molecule has 0 aromatic carbocycles. The molecule has 3 atom stereocenters. The standard InChI is InChI=1S/C54H98NO10P/c1-3-5-7-9-11-13-15-17-19-21-23-24-25-26-28-30-32-34-36-38-40-42-44-46-53(58)63-47-50(56)48-64-66(61,62)65-49-51(54(59)60)55-52(57)45-43-41-39-37-35-33-31-29-27-22-20-18-16-14-12-10-8-6-4-2/h11,13,17,19,23-24,26,28,50-51,56H,3-10,12,14-16,18,20-22,25,27,29-49H2,1-2H3,(H,55,57)(H,59,60)(H,61,62)/b13-11-,19-17-,24-23-,28-26-. The van der Waals surface area contributed by atoms with Crippen LogP contribution in [0.15, 0.2) is 48.6 Å². The number of carboxylic acid groups (broad SMARTS) is 1. The Morgan fingerprint density at radius 1 is 0.485 bits per heavy atom. The minimum absolute atomic E-state index is 0.148. The number of ether oxygens (including phenoxy) is 1. The van der Waals surface area contributed by atoms with Crippen LogP contribution in [0.2, 0.25) is 0 Å². The van der Waals surface area contributed by atoms with Gasteiger partial charge in [-0.1, -0.05) is 223 Å². The Balaban J connectivity index is 3.82. The minimum Gasteiger partial charge on any atom is -0.480 e. The van der Waals surface area contributed by atoms with E-state index in [1.807, 2.05) is 0 Å². The molecule has 0 aliphatic carbocycles. The molecule has 0 aliphatic heterocycles. The Hall–Kier alpha value is -2.56. The average molecular weight is 952 g/mol. The summed E-state index contributed by atoms with van der Waals surface area (Å²) in [6, 6.07) is -1.55. The van der Waals surface area contributed by atoms with E-state index in [0.29, 0.717) is 12.8 Å². The molecule has 1 amide bonds. The fourth-order valence-electron chi connectivity index (χ4n) is 7.48. The summed E-state index contributed by atoms with van der Waals surface area (Å²) in [7, 11) is -4.77. The second-order valence-electron chi connectivity index (χ2n) is 18.1. The van der Waals surface area contributed by atoms with Gasteiger partial charge in [0.15, 0.2) is 6.04 Å². The molecule has 384 valence electrons. The number of aliphatic hydroxyl groups is 1. The highest BCUT2D eigenvalue weighted by Crippen LogP contribution is 2.43. The lowest BCUT2D eigenvalue weighted by Gasteiger charge is -2.18. The summed E-state index contributed by atoms with van der Waals surface area (Å²) in [4.78, 5) is 46.2. The van der Waals surface area contributed by atoms with Crippen LogP contribution in [-0.2, 0) is 32.7 Å². The van der Waals surface area contributed by atoms with Crippen LogP contribution in [0.25, 0.3) is 0 Å². The van der Waals surface area contributed by atoms with Gasteiger partial charge in [0.2, 0.25) is 5.91 Å². The van der Waals surface area contributed by atoms with Gasteiger partial charge in [0.1, 0.15) is 12.7 Å². The van der Waals surface area contributed by atoms with Crippen LogP contribution in [0, 0.1) is 0 Å². The van der Waals surface area contributed by atoms with Crippen LogP contribution in [0.4, 0.5) is 0 Å². The molecule has 0 spiro atoms. The van der Waals surface area contributed by atoms with Crippen molar-refractivity contribution in [3.8, 4) is 0 Å². The topological polar surface area (TPSA) is 169 Å². The molecule has 0 saturated carbocycles. The lowest BCUT2D eigenvalue weighted by atomic mass is 10.0. The number of aliphatic carboxylic acids is 1. The largest absolute Gasteiger partial charge is 0.480 e. The van der Waals surface area contributed by atoms with Crippen LogP contribution < -0.4 is 5.32 Å². The zero-order valence-electron chi connectivity index (χ0n) is 42.0. The van der Waals surface area contributed by atoms with Crippen molar-refractivity contribution in [1.29, 1.82) is 0 Å². The molecule has 0 bridgehead atoms. The van der Waals surface area contributed by atoms with Crippen molar-refractivity contribution in [1.82, 2.24) is 5.32 Å². The predicted molar refractivity (Wildman–Crippen MR) is 272 cm³/mol. The van der Waals surface area contributed by atoms with Crippen LogP contribution in [-0.4, -0.2) is 64.9 Å². The smallest absolute Gasteiger partial charge is 0.472 e. The molecule has 0 aromatic heterocycles. The quantitative estimate of drug-likeness (QED) is 0.0199. The van der Waals surface area contributed by atoms with Crippen LogP contribution in [0.3, 0.4) is 0 Å². The SMILES string of the molecule is CCCCC/C=C\C/C=C\C/C=C\C/C=C\CCCCCCCCCC(=O)OCC(O)COP(=O)(O)OCC(NC(=O)CCCCCCCCCCCCCCCCCCCCC)C(=O)O. The minimum atomic E-state index is -4.77. The maximum atomic E-state index is 12.4. The van der Waals surface area contributed by atoms with Gasteiger partial charge in [-0.3, -0.25) is 18.6 Å². The van der Waals surface area contributed by atoms with E-state index in [1.54, 1.807) is 0 Å². The molecule has 0 rings (SSSR count). The van der Waals surface area contributed by atoms with E-state index in [1.165, 1.54) is 135 Å². The van der Waals surface area contributed by atoms with E-state index >= 15 is 0 Å². The highest BCUT2D eigenvalue weighted by molar-refractivity contribution is 7.47. The molecule has 0 fully saturated rings. The summed E-state index contributed by atoms with van der Waals surface area (Å²) in [5.74, 6) is -2.37. The number of carboxylic acids is 1. The van der Waals surface area contributed by atoms with E-state index in [-0.39, 0.29) is 12.8 Å². The van der Waals surface area contributed by atoms with E-state index < -0.39 is 57.6 Å². The van der Waals surface area contributed by atoms with Crippen LogP contribution in [0.1, 0.15) is 245 Å². The second-order valence-corrected chi connectivity index (χ2v) is 19.5. The van der Waals surface area contributed by atoms with Gasteiger partial charge in [-0.25, -0.2) is 9.36 Å². The first-order chi connectivity index (χ1) is 32.1. The number of unbranched alkanes of at least 4 members (excludes halogenated alkanes) is 28. The first-order valence-electron chi connectivity index (χ1n) is 26.7. The second kappa shape index (κ2) is 48.9. The zero-order chi connectivity index (χ0) is 48.4. The van der Waals surface area contributed by atoms with Gasteiger partial charge >= 0.3 is 19.8 Å². The maximum Gasteiger partial charge on any atom is 0.472 e. The van der Waals surface area contributed by atoms with E-state index in [4.69, 9.17) is 13.8 Å². The fourth-order valence-corrected chi connectivity index (χ4v) is 8.25. The van der Waals surface area contributed by atoms with Crippen molar-refractivity contribution in [2.45, 2.75) is 257 Å². The Morgan fingerprint density at radius 3 is 1.27 bits per heavy atom. The summed E-state index contributed by atoms with van der Waals surface area (Å²) >= 11 is 0. The first-order valence-corrected chi connectivity index (χ1v) is 28.2. The number of aliphatic hydroxyl groups excluding tert-OH is 1. The average Bonchev–Trinajstić information content (AvgIpc) is 3.29. The van der Waals surface area contributed by atoms with Gasteiger partial charge in [0, 0.05) is 12.8 Å². The van der Waals surface area contributed by atoms with Gasteiger partial charge in [-0.05, 0) is 57.8 Å². The number of carbonyl (C=O) groups is 3. The fraction of sp³-hybridized carbons (Fsp3) is 0.796. The molecule has 11 nitrogen and oxygen atoms in total. The summed E-state index contributed by atoms with van der Waals surface area (Å²) in [5, 5.41) is 21.9. The lowest BCUT2D eigenvalue weighted by molar-refractivity contribution is -0.147. The van der Waals surface area contributed by atoms with E-state index in [0.717, 1.165) is 70.6 Å². The molecule has 0 saturated heterocycles. The number of allylic oxidation sites excluding steroid dienone is 8. The summed E-state index contributed by atoms with van der Waals surface area (Å²) < 4.78 is 27.0. The summed E-state index contributed by atoms with van der Waals surface area (Å²) in [6.45, 7) is 2.59. The molecule has 0 aliphatic rings. The van der Waals surface area contributed by atoms with Crippen molar-refractivity contribution in [2.75, 3.05) is 19.8 Å². The summed E-state index contributed by atoms with van der Waals surface area (Å²) in [6.07, 6.45) is 57.0. The third-order valence-electron chi connectivity index (χ3n) is 11.6. The van der Waals surface area contributed by atoms with Crippen molar-refractivity contribution in [3.63, 3.8) is 0 Å². The molecular weight excluding hydrogens is 854 g/mol. The van der Waals surface area contributed by atoms with Crippen LogP contribution in [0.5, 0.6) is 0 Å². The third-order valence-corrected chi connectivity index (χ3v) is 12.6. The number of nitrogens with one attached hydrogen (secondary N) is 1. The molecule has 0 radical (unpaired) electrons. The van der Waals surface area contributed by atoms with Gasteiger partial charge in [0.25, 0.3) is 0 Å². The van der Waals surface area contributed by atoms with Crippen molar-refractivity contribution >= 4 is 25.7 Å². The first kappa shape index (κ1) is 63.4. The molecule has 12 heteroatoms. The molecule has 66 heavy (non-hydrogen) atoms. The molecular formula is C54H98NO10P. The molecule has 3 unspecified atom stereocenters. The monoisotopic (exact) mass is 952 g/mol.